The summed E-state index contributed by atoms with van der Waals surface area (Å²) in [7, 11) is 1.86. The predicted octanol–water partition coefficient (Wildman–Crippen LogP) is 4.42. The first-order valence-corrected chi connectivity index (χ1v) is 10.5. The van der Waals surface area contributed by atoms with Crippen LogP contribution in [0.15, 0.2) is 18.2 Å². The highest BCUT2D eigenvalue weighted by molar-refractivity contribution is 5.92. The third kappa shape index (κ3) is 2.18. The van der Waals surface area contributed by atoms with Crippen molar-refractivity contribution in [3.05, 3.63) is 35.0 Å². The first-order chi connectivity index (χ1) is 14.0. The molecule has 0 aliphatic heterocycles. The fraction of sp³-hybridized carbons (Fsp3) is 0.542. The van der Waals surface area contributed by atoms with E-state index < -0.39 is 5.60 Å². The molecule has 5 rings (SSSR count). The Hall–Kier alpha value is -2.81. The molecule has 0 N–H and O–H groups in total. The van der Waals surface area contributed by atoms with Crippen LogP contribution in [0, 0.1) is 29.1 Å². The highest BCUT2D eigenvalue weighted by atomic mass is 16.6. The van der Waals surface area contributed by atoms with E-state index in [1.807, 2.05) is 57.8 Å². The van der Waals surface area contributed by atoms with Gasteiger partial charge >= 0.3 is 6.09 Å². The van der Waals surface area contributed by atoms with Gasteiger partial charge in [-0.3, -0.25) is 4.79 Å². The minimum absolute atomic E-state index is 0.0777. The standard InChI is InChI=1S/C24H27N3O3/c1-15-16(10-28)6-7-19-18(15)8-17(9-25)27(19)14-22-11-23(22)13-24(23,12-22)26(5)20(29)30-21(2,3)4/h6-8,10H,11-14H2,1-5H3. The first-order valence-electron chi connectivity index (χ1n) is 10.5. The number of aldehydes is 1. The molecule has 1 heterocycles. The second-order valence-corrected chi connectivity index (χ2v) is 10.5. The molecule has 1 spiro atoms. The van der Waals surface area contributed by atoms with Crippen LogP contribution in [-0.2, 0) is 11.3 Å². The summed E-state index contributed by atoms with van der Waals surface area (Å²) in [6.07, 6.45) is 3.67. The Kier molecular flexibility index (Phi) is 3.49. The normalized spacial score (nSPS) is 30.5. The summed E-state index contributed by atoms with van der Waals surface area (Å²) in [5.41, 5.74) is 2.96. The number of carbonyl (C=O) groups excluding carboxylic acids is 2. The van der Waals surface area contributed by atoms with Gasteiger partial charge in [-0.2, -0.15) is 5.26 Å². The zero-order valence-electron chi connectivity index (χ0n) is 18.2. The largest absolute Gasteiger partial charge is 0.444 e. The molecule has 2 aromatic rings. The van der Waals surface area contributed by atoms with Gasteiger partial charge in [-0.15, -0.1) is 0 Å². The Morgan fingerprint density at radius 2 is 2.07 bits per heavy atom. The fourth-order valence-corrected chi connectivity index (χ4v) is 6.33. The Morgan fingerprint density at radius 1 is 1.33 bits per heavy atom. The van der Waals surface area contributed by atoms with Crippen molar-refractivity contribution in [1.82, 2.24) is 9.47 Å². The fourth-order valence-electron chi connectivity index (χ4n) is 6.33. The molecular formula is C24H27N3O3. The average Bonchev–Trinajstić information content (AvgIpc) is 3.32. The molecular weight excluding hydrogens is 378 g/mol. The first kappa shape index (κ1) is 19.2. The van der Waals surface area contributed by atoms with Crippen LogP contribution in [0.3, 0.4) is 0 Å². The number of nitriles is 1. The monoisotopic (exact) mass is 405 g/mol. The molecule has 3 saturated carbocycles. The van der Waals surface area contributed by atoms with Gasteiger partial charge < -0.3 is 14.2 Å². The number of hydrogen-bond acceptors (Lipinski definition) is 4. The second kappa shape index (κ2) is 5.46. The molecule has 1 aromatic carbocycles. The summed E-state index contributed by atoms with van der Waals surface area (Å²) >= 11 is 0. The summed E-state index contributed by atoms with van der Waals surface area (Å²) < 4.78 is 7.70. The van der Waals surface area contributed by atoms with Crippen LogP contribution in [0.1, 0.15) is 61.6 Å². The van der Waals surface area contributed by atoms with E-state index in [4.69, 9.17) is 4.74 Å². The van der Waals surface area contributed by atoms with Gasteiger partial charge in [-0.05, 0) is 76.1 Å². The summed E-state index contributed by atoms with van der Waals surface area (Å²) in [5, 5.41) is 10.7. The van der Waals surface area contributed by atoms with E-state index in [1.54, 1.807) is 0 Å². The van der Waals surface area contributed by atoms with Crippen LogP contribution in [0.2, 0.25) is 0 Å². The number of aromatic nitrogens is 1. The summed E-state index contributed by atoms with van der Waals surface area (Å²) in [5.74, 6) is 0. The lowest BCUT2D eigenvalue weighted by Crippen LogP contribution is -2.50. The molecule has 3 aliphatic carbocycles. The Labute approximate surface area is 176 Å². The molecule has 3 unspecified atom stereocenters. The van der Waals surface area contributed by atoms with Crippen molar-refractivity contribution in [2.75, 3.05) is 7.05 Å². The number of fused-ring (bicyclic) bond motifs is 1. The van der Waals surface area contributed by atoms with Gasteiger partial charge in [0, 0.05) is 35.5 Å². The number of carbonyl (C=O) groups is 2. The minimum Gasteiger partial charge on any atom is -0.444 e. The maximum atomic E-state index is 12.6. The Morgan fingerprint density at radius 3 is 2.67 bits per heavy atom. The van der Waals surface area contributed by atoms with Gasteiger partial charge in [0.15, 0.2) is 0 Å². The molecule has 1 amide bonds. The molecule has 6 nitrogen and oxygen atoms in total. The predicted molar refractivity (Wildman–Crippen MR) is 112 cm³/mol. The van der Waals surface area contributed by atoms with Crippen molar-refractivity contribution < 1.29 is 14.3 Å². The number of ether oxygens (including phenoxy) is 1. The van der Waals surface area contributed by atoms with Crippen molar-refractivity contribution in [3.8, 4) is 6.07 Å². The van der Waals surface area contributed by atoms with Gasteiger partial charge in [0.05, 0.1) is 5.54 Å². The summed E-state index contributed by atoms with van der Waals surface area (Å²) in [6, 6.07) is 8.01. The van der Waals surface area contributed by atoms with Gasteiger partial charge in [-0.25, -0.2) is 4.79 Å². The average molecular weight is 405 g/mol. The number of hydrogen-bond donors (Lipinski definition) is 0. The lowest BCUT2D eigenvalue weighted by molar-refractivity contribution is 0.000399. The maximum absolute atomic E-state index is 12.6. The van der Waals surface area contributed by atoms with Gasteiger partial charge in [0.25, 0.3) is 0 Å². The van der Waals surface area contributed by atoms with E-state index in [0.717, 1.165) is 48.6 Å². The highest BCUT2D eigenvalue weighted by Crippen LogP contribution is 2.97. The highest BCUT2D eigenvalue weighted by Gasteiger charge is 2.98. The van der Waals surface area contributed by atoms with Crippen molar-refractivity contribution in [1.29, 1.82) is 5.26 Å². The third-order valence-electron chi connectivity index (χ3n) is 7.93. The van der Waals surface area contributed by atoms with E-state index in [1.165, 1.54) is 0 Å². The van der Waals surface area contributed by atoms with Crippen LogP contribution in [0.5, 0.6) is 0 Å². The molecule has 0 radical (unpaired) electrons. The molecule has 3 aliphatic rings. The molecule has 30 heavy (non-hydrogen) atoms. The number of rotatable bonds is 4. The van der Waals surface area contributed by atoms with E-state index in [2.05, 4.69) is 10.6 Å². The van der Waals surface area contributed by atoms with Crippen LogP contribution in [0.4, 0.5) is 4.79 Å². The van der Waals surface area contributed by atoms with E-state index in [0.29, 0.717) is 11.3 Å². The molecule has 3 atom stereocenters. The van der Waals surface area contributed by atoms with E-state index >= 15 is 0 Å². The Balaban J connectivity index is 1.41. The zero-order chi connectivity index (χ0) is 21.7. The van der Waals surface area contributed by atoms with Crippen LogP contribution >= 0.6 is 0 Å². The topological polar surface area (TPSA) is 75.3 Å². The van der Waals surface area contributed by atoms with Gasteiger partial charge in [0.1, 0.15) is 23.7 Å². The number of amides is 1. The molecule has 3 fully saturated rings. The lowest BCUT2D eigenvalue weighted by Gasteiger charge is -2.41. The SMILES string of the molecule is Cc1c(C=O)ccc2c1cc(C#N)n2CC12CC3(N(C)C(=O)OC(C)(C)C)CC13C2. The quantitative estimate of drug-likeness (QED) is 0.706. The lowest BCUT2D eigenvalue weighted by atomic mass is 9.79. The number of nitrogens with zero attached hydrogens (tertiary/aromatic N) is 3. The van der Waals surface area contributed by atoms with Crippen molar-refractivity contribution in [2.24, 2.45) is 10.8 Å². The second-order valence-electron chi connectivity index (χ2n) is 10.5. The van der Waals surface area contributed by atoms with Crippen molar-refractivity contribution in [2.45, 2.75) is 64.6 Å². The van der Waals surface area contributed by atoms with Crippen molar-refractivity contribution in [3.63, 3.8) is 0 Å². The number of aryl methyl sites for hydroxylation is 1. The van der Waals surface area contributed by atoms with Crippen LogP contribution in [0.25, 0.3) is 10.9 Å². The molecule has 156 valence electrons. The summed E-state index contributed by atoms with van der Waals surface area (Å²) in [6.45, 7) is 8.38. The van der Waals surface area contributed by atoms with Gasteiger partial charge in [0.2, 0.25) is 0 Å². The smallest absolute Gasteiger partial charge is 0.410 e. The van der Waals surface area contributed by atoms with E-state index in [9.17, 15) is 14.9 Å². The molecule has 6 heteroatoms. The van der Waals surface area contributed by atoms with Gasteiger partial charge in [-0.1, -0.05) is 0 Å². The van der Waals surface area contributed by atoms with Crippen molar-refractivity contribution >= 4 is 23.3 Å². The molecule has 1 aromatic heterocycles. The minimum atomic E-state index is -0.502. The maximum Gasteiger partial charge on any atom is 0.410 e. The number of benzene rings is 1. The van der Waals surface area contributed by atoms with Crippen LogP contribution in [-0.4, -0.2) is 40.0 Å². The van der Waals surface area contributed by atoms with Crippen LogP contribution < -0.4 is 0 Å². The van der Waals surface area contributed by atoms with E-state index in [-0.39, 0.29) is 22.5 Å². The molecule has 0 saturated heterocycles. The third-order valence-corrected chi connectivity index (χ3v) is 7.93. The zero-order valence-corrected chi connectivity index (χ0v) is 18.2. The molecule has 0 bridgehead atoms. The summed E-state index contributed by atoms with van der Waals surface area (Å²) in [4.78, 5) is 25.7. The Bertz CT molecular complexity index is 1170.